The number of nitrogens with zero attached hydrogens (tertiary/aromatic N) is 1. The van der Waals surface area contributed by atoms with Gasteiger partial charge in [0.05, 0.1) is 5.56 Å². The number of pyridine rings is 1. The molecule has 0 spiro atoms. The van der Waals surface area contributed by atoms with Crippen LogP contribution in [0.25, 0.3) is 10.8 Å². The fourth-order valence-electron chi connectivity index (χ4n) is 2.40. The summed E-state index contributed by atoms with van der Waals surface area (Å²) in [5.74, 6) is -0.0662. The molecule has 0 unspecified atom stereocenters. The lowest BCUT2D eigenvalue weighted by Crippen LogP contribution is -3.00. The number of rotatable bonds is 3. The molecule has 0 radical (unpaired) electrons. The van der Waals surface area contributed by atoms with Crippen LogP contribution in [0.2, 0.25) is 0 Å². The van der Waals surface area contributed by atoms with E-state index in [-0.39, 0.29) is 42.1 Å². The van der Waals surface area contributed by atoms with Crippen molar-refractivity contribution in [2.75, 3.05) is 0 Å². The Morgan fingerprint density at radius 3 is 2.59 bits per heavy atom. The Morgan fingerprint density at radius 2 is 1.82 bits per heavy atom. The number of ketones is 1. The Kier molecular flexibility index (Phi) is 5.13. The zero-order valence-corrected chi connectivity index (χ0v) is 14.3. The third-order valence-corrected chi connectivity index (χ3v) is 3.53. The molecule has 3 nitrogen and oxygen atoms in total. The fourth-order valence-corrected chi connectivity index (χ4v) is 2.40. The zero-order chi connectivity index (χ0) is 14.8. The van der Waals surface area contributed by atoms with E-state index in [4.69, 9.17) is 0 Å². The highest BCUT2D eigenvalue weighted by atomic mass is 127. The summed E-state index contributed by atoms with van der Waals surface area (Å²) < 4.78 is 1.84. The number of aromatic nitrogens is 1. The molecule has 3 aromatic rings. The van der Waals surface area contributed by atoms with Gasteiger partial charge in [0.1, 0.15) is 5.75 Å². The molecule has 2 aromatic carbocycles. The van der Waals surface area contributed by atoms with Crippen molar-refractivity contribution in [2.45, 2.75) is 13.5 Å². The number of Topliss-reactive ketones (excluding diaryl/α,β-unsaturated/α-hetero) is 1. The number of carbonyl (C=O) groups excluding carboxylic acids is 1. The molecule has 4 heteroatoms. The number of aryl methyl sites for hydroxylation is 1. The Hall–Kier alpha value is -1.95. The van der Waals surface area contributed by atoms with Gasteiger partial charge < -0.3 is 29.1 Å². The van der Waals surface area contributed by atoms with Gasteiger partial charge in [-0.2, -0.15) is 4.57 Å². The number of carbonyl (C=O) groups is 1. The van der Waals surface area contributed by atoms with Gasteiger partial charge in [0.15, 0.2) is 12.4 Å². The maximum Gasteiger partial charge on any atom is 0.231 e. The molecule has 1 heterocycles. The summed E-state index contributed by atoms with van der Waals surface area (Å²) in [7, 11) is 0. The van der Waals surface area contributed by atoms with Crippen LogP contribution < -0.4 is 28.5 Å². The van der Waals surface area contributed by atoms with Crippen LogP contribution in [-0.2, 0) is 6.54 Å². The van der Waals surface area contributed by atoms with Crippen molar-refractivity contribution in [3.8, 4) is 5.75 Å². The molecule has 22 heavy (non-hydrogen) atoms. The van der Waals surface area contributed by atoms with Gasteiger partial charge >= 0.3 is 0 Å². The number of fused-ring (bicyclic) bond motifs is 1. The second-order valence-corrected chi connectivity index (χ2v) is 5.19. The average Bonchev–Trinajstić information content (AvgIpc) is 2.49. The molecule has 0 bridgehead atoms. The minimum Gasteiger partial charge on any atom is -1.00 e. The first-order valence-electron chi connectivity index (χ1n) is 6.84. The van der Waals surface area contributed by atoms with E-state index in [1.54, 1.807) is 18.2 Å². The van der Waals surface area contributed by atoms with Crippen LogP contribution in [0.4, 0.5) is 0 Å². The third kappa shape index (κ3) is 3.44. The molecule has 3 rings (SSSR count). The van der Waals surface area contributed by atoms with Crippen LogP contribution >= 0.6 is 0 Å². The molecule has 1 N–H and O–H groups in total. The van der Waals surface area contributed by atoms with Crippen molar-refractivity contribution >= 4 is 16.6 Å². The van der Waals surface area contributed by atoms with E-state index in [2.05, 4.69) is 0 Å². The second kappa shape index (κ2) is 6.87. The lowest BCUT2D eigenvalue weighted by atomic mass is 10.1. The van der Waals surface area contributed by atoms with E-state index in [1.165, 1.54) is 0 Å². The van der Waals surface area contributed by atoms with E-state index < -0.39 is 0 Å². The van der Waals surface area contributed by atoms with Crippen LogP contribution in [-0.4, -0.2) is 10.9 Å². The molecule has 0 aliphatic rings. The Balaban J connectivity index is 0.00000176. The lowest BCUT2D eigenvalue weighted by Gasteiger charge is -2.03. The highest BCUT2D eigenvalue weighted by Crippen LogP contribution is 2.19. The first-order chi connectivity index (χ1) is 10.1. The van der Waals surface area contributed by atoms with Crippen LogP contribution in [0.15, 0.2) is 60.9 Å². The molecule has 112 valence electrons. The van der Waals surface area contributed by atoms with E-state index in [0.29, 0.717) is 5.56 Å². The first kappa shape index (κ1) is 16.4. The number of phenolic OH excluding ortho intramolecular Hbond substituents is 1. The summed E-state index contributed by atoms with van der Waals surface area (Å²) in [6, 6.07) is 15.1. The van der Waals surface area contributed by atoms with Crippen molar-refractivity contribution in [3.05, 3.63) is 72.1 Å². The summed E-state index contributed by atoms with van der Waals surface area (Å²) >= 11 is 0. The van der Waals surface area contributed by atoms with E-state index in [1.807, 2.05) is 54.2 Å². The molecule has 0 fully saturated rings. The third-order valence-electron chi connectivity index (χ3n) is 3.53. The van der Waals surface area contributed by atoms with E-state index in [0.717, 1.165) is 16.3 Å². The molecule has 0 aliphatic heterocycles. The highest BCUT2D eigenvalue weighted by Gasteiger charge is 2.16. The number of aromatic hydroxyl groups is 1. The van der Waals surface area contributed by atoms with E-state index in [9.17, 15) is 9.90 Å². The van der Waals surface area contributed by atoms with Gasteiger partial charge in [-0.15, -0.1) is 0 Å². The minimum atomic E-state index is -0.100. The average molecular weight is 405 g/mol. The summed E-state index contributed by atoms with van der Waals surface area (Å²) in [5.41, 5.74) is 1.33. The lowest BCUT2D eigenvalue weighted by molar-refractivity contribution is -0.681. The van der Waals surface area contributed by atoms with E-state index >= 15 is 0 Å². The van der Waals surface area contributed by atoms with Crippen LogP contribution in [0.3, 0.4) is 0 Å². The summed E-state index contributed by atoms with van der Waals surface area (Å²) in [5, 5.41) is 12.0. The molecule has 0 amide bonds. The number of hydrogen-bond acceptors (Lipinski definition) is 2. The summed E-state index contributed by atoms with van der Waals surface area (Å²) in [4.78, 5) is 12.3. The second-order valence-electron chi connectivity index (χ2n) is 5.19. The molecule has 1 aromatic heterocycles. The van der Waals surface area contributed by atoms with Gasteiger partial charge in [0, 0.05) is 11.5 Å². The number of benzene rings is 2. The monoisotopic (exact) mass is 405 g/mol. The van der Waals surface area contributed by atoms with Crippen LogP contribution in [0.1, 0.15) is 15.9 Å². The predicted octanol–water partition coefficient (Wildman–Crippen LogP) is 0.0282. The normalized spacial score (nSPS) is 10.2. The molecular formula is C18H16INO2. The van der Waals surface area contributed by atoms with Crippen molar-refractivity contribution in [1.29, 1.82) is 0 Å². The summed E-state index contributed by atoms with van der Waals surface area (Å²) in [6.45, 7) is 2.11. The van der Waals surface area contributed by atoms with Crippen molar-refractivity contribution < 1.29 is 38.4 Å². The standard InChI is InChI=1S/C18H15NO2.HI/c1-13-6-7-17(20)16(10-13)18(21)12-19-9-8-14-4-2-3-5-15(14)11-19;/h2-11H,12H2,1H3;1H. The Bertz CT molecular complexity index is 830. The van der Waals surface area contributed by atoms with Gasteiger partial charge in [-0.05, 0) is 30.5 Å². The van der Waals surface area contributed by atoms with Crippen molar-refractivity contribution in [2.24, 2.45) is 0 Å². The fraction of sp³-hybridized carbons (Fsp3) is 0.111. The first-order valence-corrected chi connectivity index (χ1v) is 6.84. The van der Waals surface area contributed by atoms with Crippen LogP contribution in [0.5, 0.6) is 5.75 Å². The maximum atomic E-state index is 12.3. The zero-order valence-electron chi connectivity index (χ0n) is 12.2. The topological polar surface area (TPSA) is 41.2 Å². The van der Waals surface area contributed by atoms with Crippen molar-refractivity contribution in [1.82, 2.24) is 0 Å². The maximum absolute atomic E-state index is 12.3. The SMILES string of the molecule is Cc1ccc(O)c(C(=O)C[n+]2ccc3ccccc3c2)c1.[I-]. The molecule has 0 atom stereocenters. The summed E-state index contributed by atoms with van der Waals surface area (Å²) in [6.07, 6.45) is 3.83. The predicted molar refractivity (Wildman–Crippen MR) is 81.3 cm³/mol. The quantitative estimate of drug-likeness (QED) is 0.380. The molecular weight excluding hydrogens is 389 g/mol. The number of halogens is 1. The van der Waals surface area contributed by atoms with Gasteiger partial charge in [0.2, 0.25) is 12.3 Å². The van der Waals surface area contributed by atoms with Gasteiger partial charge in [-0.25, -0.2) is 0 Å². The number of phenols is 1. The van der Waals surface area contributed by atoms with Crippen molar-refractivity contribution in [3.63, 3.8) is 0 Å². The highest BCUT2D eigenvalue weighted by molar-refractivity contribution is 5.97. The Morgan fingerprint density at radius 1 is 1.09 bits per heavy atom. The Labute approximate surface area is 146 Å². The van der Waals surface area contributed by atoms with Gasteiger partial charge in [-0.3, -0.25) is 4.79 Å². The largest absolute Gasteiger partial charge is 1.00 e. The van der Waals surface area contributed by atoms with Gasteiger partial charge in [-0.1, -0.05) is 29.8 Å². The van der Waals surface area contributed by atoms with Gasteiger partial charge in [0.25, 0.3) is 0 Å². The minimum absolute atomic E-state index is 0. The smallest absolute Gasteiger partial charge is 0.231 e. The molecule has 0 aliphatic carbocycles. The molecule has 0 saturated carbocycles. The van der Waals surface area contributed by atoms with Crippen LogP contribution in [0, 0.1) is 6.92 Å². The number of hydrogen-bond donors (Lipinski definition) is 1. The molecule has 0 saturated heterocycles.